The van der Waals surface area contributed by atoms with Crippen molar-refractivity contribution in [1.82, 2.24) is 9.29 Å². The number of rotatable bonds is 3. The van der Waals surface area contributed by atoms with Crippen LogP contribution in [0.25, 0.3) is 0 Å². The summed E-state index contributed by atoms with van der Waals surface area (Å²) < 4.78 is 24.2. The number of hydrogen-bond donors (Lipinski definition) is 0. The van der Waals surface area contributed by atoms with Crippen molar-refractivity contribution in [3.8, 4) is 0 Å². The summed E-state index contributed by atoms with van der Waals surface area (Å²) >= 11 is 0. The molecule has 0 N–H and O–H groups in total. The van der Waals surface area contributed by atoms with Crippen molar-refractivity contribution in [3.63, 3.8) is 0 Å². The fraction of sp³-hybridized carbons (Fsp3) is 0.500. The number of sulfonamides is 1. The fourth-order valence-electron chi connectivity index (χ4n) is 2.24. The van der Waals surface area contributed by atoms with Gasteiger partial charge in [0.2, 0.25) is 10.0 Å². The van der Waals surface area contributed by atoms with Gasteiger partial charge in [-0.1, -0.05) is 6.07 Å². The summed E-state index contributed by atoms with van der Waals surface area (Å²) in [7, 11) is 2.32. The molecule has 1 fully saturated rings. The molecule has 2 rings (SSSR count). The number of carbonyl (C=O) groups excluding carboxylic acids is 1. The summed E-state index contributed by atoms with van der Waals surface area (Å²) in [6.45, 7) is 0.801. The van der Waals surface area contributed by atoms with E-state index in [0.717, 1.165) is 0 Å². The van der Waals surface area contributed by atoms with E-state index >= 15 is 0 Å². The zero-order valence-corrected chi connectivity index (χ0v) is 11.6. The van der Waals surface area contributed by atoms with Crippen LogP contribution in [0.2, 0.25) is 0 Å². The quantitative estimate of drug-likeness (QED) is 0.564. The molecule has 1 aliphatic heterocycles. The highest BCUT2D eigenvalue weighted by molar-refractivity contribution is 7.88. The summed E-state index contributed by atoms with van der Waals surface area (Å²) in [5.41, 5.74) is 0.912. The third-order valence-electron chi connectivity index (χ3n) is 3.36. The van der Waals surface area contributed by atoms with Gasteiger partial charge in [-0.2, -0.15) is 0 Å². The Kier molecular flexibility index (Phi) is 4.06. The van der Waals surface area contributed by atoms with Crippen molar-refractivity contribution in [2.75, 3.05) is 19.3 Å². The van der Waals surface area contributed by atoms with Crippen LogP contribution in [0.1, 0.15) is 23.2 Å². The highest BCUT2D eigenvalue weighted by Crippen LogP contribution is 2.22. The number of aromatic nitrogens is 1. The molecule has 0 saturated carbocycles. The first-order chi connectivity index (χ1) is 8.88. The van der Waals surface area contributed by atoms with E-state index in [-0.39, 0.29) is 11.7 Å². The summed E-state index contributed by atoms with van der Waals surface area (Å²) in [4.78, 5) is 16.1. The van der Waals surface area contributed by atoms with Gasteiger partial charge in [0.25, 0.3) is 0 Å². The molecule has 0 aromatic carbocycles. The van der Waals surface area contributed by atoms with Crippen molar-refractivity contribution in [2.45, 2.75) is 12.8 Å². The van der Waals surface area contributed by atoms with Gasteiger partial charge in [0.15, 0.2) is 5.78 Å². The van der Waals surface area contributed by atoms with Crippen LogP contribution in [0.3, 0.4) is 0 Å². The van der Waals surface area contributed by atoms with Crippen molar-refractivity contribution >= 4 is 29.2 Å². The van der Waals surface area contributed by atoms with Crippen molar-refractivity contribution in [2.24, 2.45) is 5.92 Å². The minimum absolute atomic E-state index is 0.0145. The van der Waals surface area contributed by atoms with Crippen LogP contribution >= 0.6 is 0 Å². The molecule has 0 spiro atoms. The molecular weight excluding hydrogens is 263 g/mol. The predicted molar refractivity (Wildman–Crippen MR) is 73.1 cm³/mol. The number of piperidine rings is 1. The maximum absolute atomic E-state index is 12.2. The van der Waals surface area contributed by atoms with Crippen molar-refractivity contribution in [1.29, 1.82) is 0 Å². The van der Waals surface area contributed by atoms with E-state index < -0.39 is 10.0 Å². The van der Waals surface area contributed by atoms with Crippen LogP contribution in [-0.4, -0.2) is 50.7 Å². The minimum Gasteiger partial charge on any atom is -0.294 e. The van der Waals surface area contributed by atoms with Gasteiger partial charge in [0.05, 0.1) is 6.26 Å². The Labute approximate surface area is 114 Å². The van der Waals surface area contributed by atoms with Gasteiger partial charge in [0.1, 0.15) is 7.85 Å². The second-order valence-electron chi connectivity index (χ2n) is 4.77. The average molecular weight is 278 g/mol. The second kappa shape index (κ2) is 5.42. The van der Waals surface area contributed by atoms with Crippen molar-refractivity contribution in [3.05, 3.63) is 23.9 Å². The first-order valence-corrected chi connectivity index (χ1v) is 7.93. The zero-order chi connectivity index (χ0) is 14.0. The molecule has 100 valence electrons. The van der Waals surface area contributed by atoms with Crippen LogP contribution in [-0.2, 0) is 10.0 Å². The molecule has 1 aliphatic rings. The van der Waals surface area contributed by atoms with Crippen molar-refractivity contribution < 1.29 is 13.2 Å². The Balaban J connectivity index is 2.02. The van der Waals surface area contributed by atoms with Crippen LogP contribution < -0.4 is 5.59 Å². The van der Waals surface area contributed by atoms with E-state index in [1.807, 2.05) is 0 Å². The average Bonchev–Trinajstić information content (AvgIpc) is 2.38. The Morgan fingerprint density at radius 3 is 2.47 bits per heavy atom. The van der Waals surface area contributed by atoms with E-state index in [0.29, 0.717) is 37.1 Å². The van der Waals surface area contributed by atoms with Gasteiger partial charge < -0.3 is 0 Å². The predicted octanol–water partition coefficient (Wildman–Crippen LogP) is -0.270. The Morgan fingerprint density at radius 2 is 2.00 bits per heavy atom. The van der Waals surface area contributed by atoms with E-state index in [4.69, 9.17) is 7.85 Å². The lowest BCUT2D eigenvalue weighted by Gasteiger charge is -2.29. The molecule has 1 aromatic heterocycles. The molecule has 0 amide bonds. The molecule has 0 unspecified atom stereocenters. The number of pyridine rings is 1. The van der Waals surface area contributed by atoms with Crippen LogP contribution in [0, 0.1) is 5.92 Å². The first-order valence-electron chi connectivity index (χ1n) is 6.09. The summed E-state index contributed by atoms with van der Waals surface area (Å²) in [5.74, 6) is -0.121. The largest absolute Gasteiger partial charge is 0.294 e. The van der Waals surface area contributed by atoms with Crippen LogP contribution in [0.15, 0.2) is 18.3 Å². The number of nitrogens with zero attached hydrogens (tertiary/aromatic N) is 2. The standard InChI is InChI=1S/C12H15BN2O3S/c1-19(17,18)15-6-4-9(5-7-15)12(16)10-2-3-11(13)14-8-10/h2-3,8-9H,4-7H2,1H3. The molecular formula is C12H15BN2O3S. The molecule has 7 heteroatoms. The Bertz CT molecular complexity index is 563. The van der Waals surface area contributed by atoms with E-state index in [9.17, 15) is 13.2 Å². The van der Waals surface area contributed by atoms with E-state index in [2.05, 4.69) is 4.98 Å². The van der Waals surface area contributed by atoms with Crippen LogP contribution in [0.4, 0.5) is 0 Å². The van der Waals surface area contributed by atoms with Gasteiger partial charge in [-0.05, 0) is 24.5 Å². The molecule has 2 radical (unpaired) electrons. The Morgan fingerprint density at radius 1 is 1.37 bits per heavy atom. The maximum Gasteiger partial charge on any atom is 0.211 e. The van der Waals surface area contributed by atoms with Crippen LogP contribution in [0.5, 0.6) is 0 Å². The summed E-state index contributed by atoms with van der Waals surface area (Å²) in [5, 5.41) is 0. The number of ketones is 1. The van der Waals surface area contributed by atoms with Gasteiger partial charge in [-0.3, -0.25) is 9.78 Å². The lowest BCUT2D eigenvalue weighted by Crippen LogP contribution is -2.39. The van der Waals surface area contributed by atoms with Gasteiger partial charge in [-0.15, -0.1) is 0 Å². The lowest BCUT2D eigenvalue weighted by atomic mass is 9.90. The summed E-state index contributed by atoms with van der Waals surface area (Å²) in [6.07, 6.45) is 3.77. The first kappa shape index (κ1) is 14.2. The third kappa shape index (κ3) is 3.42. The smallest absolute Gasteiger partial charge is 0.211 e. The highest BCUT2D eigenvalue weighted by Gasteiger charge is 2.29. The molecule has 2 heterocycles. The monoisotopic (exact) mass is 278 g/mol. The topological polar surface area (TPSA) is 67.3 Å². The number of carbonyl (C=O) groups is 1. The second-order valence-corrected chi connectivity index (χ2v) is 6.75. The minimum atomic E-state index is -3.15. The molecule has 0 bridgehead atoms. The maximum atomic E-state index is 12.2. The Hall–Kier alpha value is -1.21. The van der Waals surface area contributed by atoms with E-state index in [1.54, 1.807) is 12.1 Å². The van der Waals surface area contributed by atoms with E-state index in [1.165, 1.54) is 16.8 Å². The lowest BCUT2D eigenvalue weighted by molar-refractivity contribution is 0.0875. The normalized spacial score (nSPS) is 18.4. The molecule has 0 atom stereocenters. The fourth-order valence-corrected chi connectivity index (χ4v) is 3.11. The molecule has 0 aliphatic carbocycles. The molecule has 5 nitrogen and oxygen atoms in total. The number of Topliss-reactive ketones (excluding diaryl/α,β-unsaturated/α-hetero) is 1. The van der Waals surface area contributed by atoms with Gasteiger partial charge >= 0.3 is 0 Å². The highest BCUT2D eigenvalue weighted by atomic mass is 32.2. The third-order valence-corrected chi connectivity index (χ3v) is 4.67. The van der Waals surface area contributed by atoms with Gasteiger partial charge in [-0.25, -0.2) is 12.7 Å². The zero-order valence-electron chi connectivity index (χ0n) is 10.7. The molecule has 1 aromatic rings. The molecule has 19 heavy (non-hydrogen) atoms. The summed E-state index contributed by atoms with van der Waals surface area (Å²) in [6, 6.07) is 3.26. The number of hydrogen-bond acceptors (Lipinski definition) is 4. The van der Waals surface area contributed by atoms with Gasteiger partial charge in [0, 0.05) is 30.8 Å². The SMILES string of the molecule is [B]c1ccc(C(=O)C2CCN(S(C)(=O)=O)CC2)cn1. The molecule has 1 saturated heterocycles.